The number of carbonyl (C=O) groups is 1. The first-order chi connectivity index (χ1) is 11.9. The smallest absolute Gasteiger partial charge is 0.303 e. The molecule has 25 heavy (non-hydrogen) atoms. The van der Waals surface area contributed by atoms with Crippen LogP contribution in [0.5, 0.6) is 5.75 Å². The number of hydrogen-bond donors (Lipinski definition) is 2. The predicted octanol–water partition coefficient (Wildman–Crippen LogP) is 3.95. The first-order valence-electron chi connectivity index (χ1n) is 8.29. The summed E-state index contributed by atoms with van der Waals surface area (Å²) in [6, 6.07) is 7.09. The number of aryl methyl sites for hydroxylation is 3. The number of rotatable bonds is 5. The number of aliphatic carboxylic acids is 1. The van der Waals surface area contributed by atoms with E-state index < -0.39 is 5.97 Å². The molecule has 1 aliphatic rings. The number of aromatic hydroxyl groups is 1. The van der Waals surface area contributed by atoms with E-state index in [0.29, 0.717) is 41.4 Å². The lowest BCUT2D eigenvalue weighted by molar-refractivity contribution is -0.136. The van der Waals surface area contributed by atoms with Gasteiger partial charge >= 0.3 is 5.97 Å². The monoisotopic (exact) mass is 344 g/mol. The van der Waals surface area contributed by atoms with Gasteiger partial charge in [-0.25, -0.2) is 4.39 Å². The zero-order valence-corrected chi connectivity index (χ0v) is 14.3. The van der Waals surface area contributed by atoms with E-state index in [9.17, 15) is 14.3 Å². The average molecular weight is 344 g/mol. The largest absolute Gasteiger partial charge is 0.507 e. The van der Waals surface area contributed by atoms with Gasteiger partial charge in [0.15, 0.2) is 0 Å². The van der Waals surface area contributed by atoms with Gasteiger partial charge in [-0.3, -0.25) is 4.79 Å². The van der Waals surface area contributed by atoms with Crippen LogP contribution in [0.15, 0.2) is 24.3 Å². The summed E-state index contributed by atoms with van der Waals surface area (Å²) in [5.74, 6) is -0.893. The minimum atomic E-state index is -0.964. The molecular formula is C20H21FO4. The van der Waals surface area contributed by atoms with Gasteiger partial charge in [0, 0.05) is 17.9 Å². The second-order valence-corrected chi connectivity index (χ2v) is 6.63. The van der Waals surface area contributed by atoms with Crippen molar-refractivity contribution in [3.8, 4) is 16.9 Å². The molecule has 1 fully saturated rings. The van der Waals surface area contributed by atoms with Crippen LogP contribution in [-0.4, -0.2) is 29.4 Å². The first-order valence-corrected chi connectivity index (χ1v) is 8.29. The van der Waals surface area contributed by atoms with E-state index in [1.165, 1.54) is 0 Å². The zero-order chi connectivity index (χ0) is 18.1. The van der Waals surface area contributed by atoms with E-state index in [0.717, 1.165) is 11.1 Å². The number of phenols is 1. The molecule has 0 bridgehead atoms. The first kappa shape index (κ1) is 17.4. The van der Waals surface area contributed by atoms with Crippen LogP contribution in [0.25, 0.3) is 11.1 Å². The predicted molar refractivity (Wildman–Crippen MR) is 92.5 cm³/mol. The van der Waals surface area contributed by atoms with Gasteiger partial charge in [-0.05, 0) is 66.3 Å². The van der Waals surface area contributed by atoms with Crippen molar-refractivity contribution in [2.24, 2.45) is 0 Å². The Morgan fingerprint density at radius 1 is 1.20 bits per heavy atom. The molecule has 0 aromatic heterocycles. The van der Waals surface area contributed by atoms with Gasteiger partial charge in [0.1, 0.15) is 11.6 Å². The number of halogens is 1. The third kappa shape index (κ3) is 3.51. The summed E-state index contributed by atoms with van der Waals surface area (Å²) in [5, 5.41) is 19.4. The highest BCUT2D eigenvalue weighted by Gasteiger charge is 2.23. The Labute approximate surface area is 145 Å². The van der Waals surface area contributed by atoms with E-state index >= 15 is 0 Å². The van der Waals surface area contributed by atoms with Crippen LogP contribution in [0.1, 0.15) is 34.6 Å². The molecule has 1 aliphatic heterocycles. The molecule has 0 spiro atoms. The van der Waals surface area contributed by atoms with Crippen LogP contribution < -0.4 is 0 Å². The molecule has 4 nitrogen and oxygen atoms in total. The third-order valence-corrected chi connectivity index (χ3v) is 4.67. The Kier molecular flexibility index (Phi) is 4.77. The fourth-order valence-corrected chi connectivity index (χ4v) is 3.25. The second kappa shape index (κ2) is 6.84. The number of benzene rings is 2. The highest BCUT2D eigenvalue weighted by Crippen LogP contribution is 2.38. The van der Waals surface area contributed by atoms with Crippen molar-refractivity contribution in [2.75, 3.05) is 13.2 Å². The van der Waals surface area contributed by atoms with Crippen molar-refractivity contribution in [1.29, 1.82) is 0 Å². The Morgan fingerprint density at radius 2 is 1.92 bits per heavy atom. The topological polar surface area (TPSA) is 66.8 Å². The summed E-state index contributed by atoms with van der Waals surface area (Å²) in [7, 11) is 0. The minimum absolute atomic E-state index is 0.118. The minimum Gasteiger partial charge on any atom is -0.507 e. The van der Waals surface area contributed by atoms with Crippen LogP contribution in [0.4, 0.5) is 4.39 Å². The molecule has 0 unspecified atom stereocenters. The van der Waals surface area contributed by atoms with E-state index in [1.54, 1.807) is 25.1 Å². The van der Waals surface area contributed by atoms with Gasteiger partial charge < -0.3 is 14.9 Å². The molecule has 0 atom stereocenters. The summed E-state index contributed by atoms with van der Waals surface area (Å²) < 4.78 is 19.5. The normalized spacial score (nSPS) is 14.4. The lowest BCUT2D eigenvalue weighted by Crippen LogP contribution is -2.25. The molecule has 0 radical (unpaired) electrons. The van der Waals surface area contributed by atoms with E-state index in [1.807, 2.05) is 13.0 Å². The van der Waals surface area contributed by atoms with Crippen LogP contribution >= 0.6 is 0 Å². The van der Waals surface area contributed by atoms with Crippen LogP contribution in [-0.2, 0) is 16.0 Å². The maximum atomic E-state index is 14.3. The summed E-state index contributed by atoms with van der Waals surface area (Å²) in [6.45, 7) is 4.88. The summed E-state index contributed by atoms with van der Waals surface area (Å²) in [5.41, 5.74) is 4.09. The van der Waals surface area contributed by atoms with Gasteiger partial charge in [0.05, 0.1) is 13.2 Å². The highest BCUT2D eigenvalue weighted by atomic mass is 19.1. The van der Waals surface area contributed by atoms with Crippen molar-refractivity contribution >= 4 is 5.97 Å². The second-order valence-electron chi connectivity index (χ2n) is 6.63. The van der Waals surface area contributed by atoms with Crippen molar-refractivity contribution in [2.45, 2.75) is 32.6 Å². The summed E-state index contributed by atoms with van der Waals surface area (Å²) in [4.78, 5) is 10.8. The molecule has 2 aromatic rings. The zero-order valence-electron chi connectivity index (χ0n) is 14.3. The van der Waals surface area contributed by atoms with E-state index in [4.69, 9.17) is 9.84 Å². The molecule has 3 rings (SSSR count). The summed E-state index contributed by atoms with van der Waals surface area (Å²) >= 11 is 0. The van der Waals surface area contributed by atoms with Gasteiger partial charge in [-0.15, -0.1) is 0 Å². The van der Waals surface area contributed by atoms with Crippen molar-refractivity contribution in [3.63, 3.8) is 0 Å². The van der Waals surface area contributed by atoms with Gasteiger partial charge in [-0.1, -0.05) is 6.07 Å². The molecule has 2 N–H and O–H groups in total. The lowest BCUT2D eigenvalue weighted by atomic mass is 9.89. The Morgan fingerprint density at radius 3 is 2.48 bits per heavy atom. The maximum absolute atomic E-state index is 14.3. The van der Waals surface area contributed by atoms with Gasteiger partial charge in [0.2, 0.25) is 0 Å². The molecule has 2 aromatic carbocycles. The SMILES string of the molecule is Cc1cc(-c2c(C)cc(C3COC3)cc2O)cc(CCC(=O)O)c1F. The van der Waals surface area contributed by atoms with Crippen LogP contribution in [0, 0.1) is 19.7 Å². The Hall–Kier alpha value is -2.40. The molecule has 0 amide bonds. The number of carboxylic acids is 1. The fraction of sp³-hybridized carbons (Fsp3) is 0.350. The van der Waals surface area contributed by atoms with Crippen molar-refractivity contribution < 1.29 is 24.1 Å². The molecule has 1 saturated heterocycles. The molecule has 5 heteroatoms. The number of phenolic OH excluding ortho intramolecular Hbond substituents is 1. The van der Waals surface area contributed by atoms with E-state index in [2.05, 4.69) is 0 Å². The summed E-state index contributed by atoms with van der Waals surface area (Å²) in [6.07, 6.45) is -0.0153. The third-order valence-electron chi connectivity index (χ3n) is 4.67. The molecule has 0 aliphatic carbocycles. The Bertz CT molecular complexity index is 802. The highest BCUT2D eigenvalue weighted by molar-refractivity contribution is 5.75. The van der Waals surface area contributed by atoms with Crippen molar-refractivity contribution in [1.82, 2.24) is 0 Å². The van der Waals surface area contributed by atoms with Crippen LogP contribution in [0.3, 0.4) is 0 Å². The van der Waals surface area contributed by atoms with Gasteiger partial charge in [-0.2, -0.15) is 0 Å². The number of carboxylic acid groups (broad SMARTS) is 1. The van der Waals surface area contributed by atoms with E-state index in [-0.39, 0.29) is 24.4 Å². The van der Waals surface area contributed by atoms with Gasteiger partial charge in [0.25, 0.3) is 0 Å². The van der Waals surface area contributed by atoms with Crippen LogP contribution in [0.2, 0.25) is 0 Å². The number of hydrogen-bond acceptors (Lipinski definition) is 3. The molecule has 0 saturated carbocycles. The average Bonchev–Trinajstić information content (AvgIpc) is 2.46. The molecular weight excluding hydrogens is 323 g/mol. The molecule has 132 valence electrons. The fourth-order valence-electron chi connectivity index (χ4n) is 3.25. The Balaban J connectivity index is 2.02. The maximum Gasteiger partial charge on any atom is 0.303 e. The van der Waals surface area contributed by atoms with Crippen molar-refractivity contribution in [3.05, 3.63) is 52.3 Å². The molecule has 1 heterocycles. The quantitative estimate of drug-likeness (QED) is 0.862. The number of ether oxygens (including phenoxy) is 1. The lowest BCUT2D eigenvalue weighted by Gasteiger charge is -2.27. The standard InChI is InChI=1S/C20H21FO4/c1-11-5-14(16-9-25-10-16)8-17(22)19(11)15-6-12(2)20(21)13(7-15)3-4-18(23)24/h5-8,16,22H,3-4,9-10H2,1-2H3,(H,23,24).